The van der Waals surface area contributed by atoms with Crippen molar-refractivity contribution in [2.24, 2.45) is 0 Å². The van der Waals surface area contributed by atoms with Crippen molar-refractivity contribution in [2.75, 3.05) is 0 Å². The fraction of sp³-hybridized carbons (Fsp3) is 0.400. The number of allylic oxidation sites excluding steroid dienone is 3. The fourth-order valence-electron chi connectivity index (χ4n) is 2.47. The van der Waals surface area contributed by atoms with E-state index in [1.165, 1.54) is 11.8 Å². The molecule has 0 atom stereocenters. The zero-order chi connectivity index (χ0) is 14.2. The highest BCUT2D eigenvalue weighted by Gasteiger charge is 2.35. The van der Waals surface area contributed by atoms with E-state index in [-0.39, 0.29) is 5.56 Å². The average Bonchev–Trinajstić information content (AvgIpc) is 2.73. The highest BCUT2D eigenvalue weighted by Crippen LogP contribution is 2.37. The number of nitrogens with zero attached hydrogens (tertiary/aromatic N) is 1. The fourth-order valence-corrected chi connectivity index (χ4v) is 2.47. The minimum Gasteiger partial charge on any atom is -0.251 e. The van der Waals surface area contributed by atoms with Gasteiger partial charge < -0.3 is 0 Å². The summed E-state index contributed by atoms with van der Waals surface area (Å²) in [4.78, 5) is 3.63. The number of pyridine rings is 1. The van der Waals surface area contributed by atoms with E-state index in [1.807, 2.05) is 6.92 Å². The Morgan fingerprint density at radius 1 is 1.32 bits per heavy atom. The lowest BCUT2D eigenvalue weighted by Crippen LogP contribution is -2.11. The summed E-state index contributed by atoms with van der Waals surface area (Å²) in [6.45, 7) is 7.23. The van der Waals surface area contributed by atoms with E-state index in [4.69, 9.17) is 0 Å². The minimum absolute atomic E-state index is 0.0946. The van der Waals surface area contributed by atoms with Gasteiger partial charge in [-0.15, -0.1) is 0 Å². The summed E-state index contributed by atoms with van der Waals surface area (Å²) >= 11 is 0. The molecule has 2 rings (SSSR count). The van der Waals surface area contributed by atoms with Crippen LogP contribution in [0.25, 0.3) is 11.1 Å². The third kappa shape index (κ3) is 2.72. The molecule has 0 saturated carbocycles. The average molecular weight is 267 g/mol. The van der Waals surface area contributed by atoms with Crippen molar-refractivity contribution in [1.82, 2.24) is 4.98 Å². The number of halogens is 3. The van der Waals surface area contributed by atoms with Crippen LogP contribution in [0, 0.1) is 0 Å². The van der Waals surface area contributed by atoms with Crippen LogP contribution in [-0.4, -0.2) is 4.98 Å². The molecule has 0 unspecified atom stereocenters. The first-order valence-corrected chi connectivity index (χ1v) is 6.23. The van der Waals surface area contributed by atoms with Gasteiger partial charge in [-0.05, 0) is 55.9 Å². The van der Waals surface area contributed by atoms with Gasteiger partial charge in [-0.3, -0.25) is 4.98 Å². The van der Waals surface area contributed by atoms with Gasteiger partial charge in [0, 0.05) is 11.8 Å². The van der Waals surface area contributed by atoms with Crippen LogP contribution in [-0.2, 0) is 6.18 Å². The summed E-state index contributed by atoms with van der Waals surface area (Å²) in [6.07, 6.45) is -0.122. The molecule has 1 nitrogen and oxygen atoms in total. The van der Waals surface area contributed by atoms with Gasteiger partial charge in [-0.1, -0.05) is 12.2 Å². The summed E-state index contributed by atoms with van der Waals surface area (Å²) in [6, 6.07) is 1.57. The van der Waals surface area contributed by atoms with Crippen LogP contribution in [0.4, 0.5) is 13.2 Å². The molecule has 1 aromatic rings. The Bertz CT molecular complexity index is 553. The lowest BCUT2D eigenvalue weighted by Gasteiger charge is -2.14. The van der Waals surface area contributed by atoms with Crippen LogP contribution in [0.3, 0.4) is 0 Å². The van der Waals surface area contributed by atoms with E-state index in [2.05, 4.69) is 11.6 Å². The van der Waals surface area contributed by atoms with Gasteiger partial charge >= 0.3 is 6.18 Å². The lowest BCUT2D eigenvalue weighted by atomic mass is 9.98. The number of hydrogen-bond acceptors (Lipinski definition) is 1. The Balaban J connectivity index is 2.55. The van der Waals surface area contributed by atoms with Gasteiger partial charge in [0.2, 0.25) is 0 Å². The summed E-state index contributed by atoms with van der Waals surface area (Å²) in [5, 5.41) is 0. The van der Waals surface area contributed by atoms with E-state index in [0.717, 1.165) is 30.4 Å². The predicted octanol–water partition coefficient (Wildman–Crippen LogP) is 5.09. The van der Waals surface area contributed by atoms with Crippen LogP contribution < -0.4 is 0 Å². The Kier molecular flexibility index (Phi) is 3.52. The molecule has 0 N–H and O–H groups in total. The molecule has 1 aliphatic rings. The van der Waals surface area contributed by atoms with Gasteiger partial charge in [0.15, 0.2) is 5.69 Å². The molecule has 4 heteroatoms. The van der Waals surface area contributed by atoms with E-state index < -0.39 is 11.9 Å². The number of hydrogen-bond donors (Lipinski definition) is 0. The molecule has 0 saturated heterocycles. The first-order chi connectivity index (χ1) is 8.80. The summed E-state index contributed by atoms with van der Waals surface area (Å²) in [5.74, 6) is 0. The van der Waals surface area contributed by atoms with Crippen molar-refractivity contribution in [2.45, 2.75) is 39.3 Å². The number of aromatic nitrogens is 1. The van der Waals surface area contributed by atoms with Crippen molar-refractivity contribution in [3.63, 3.8) is 0 Å². The molecule has 1 aliphatic carbocycles. The molecule has 19 heavy (non-hydrogen) atoms. The number of rotatable bonds is 2. The van der Waals surface area contributed by atoms with E-state index >= 15 is 0 Å². The standard InChI is InChI=1S/C15H16F3N/c1-9(2)13-7-11(12-6-4-5-10(12)3)8-19-14(13)15(16,17)18/h7-8H,1,4-6H2,2-3H3. The molecule has 1 aromatic heterocycles. The molecule has 0 fully saturated rings. The van der Waals surface area contributed by atoms with Gasteiger partial charge in [-0.25, -0.2) is 0 Å². The Labute approximate surface area is 110 Å². The summed E-state index contributed by atoms with van der Waals surface area (Å²) < 4.78 is 38.6. The first-order valence-electron chi connectivity index (χ1n) is 6.23. The van der Waals surface area contributed by atoms with Crippen LogP contribution in [0.1, 0.15) is 49.9 Å². The second-order valence-corrected chi connectivity index (χ2v) is 5.01. The first kappa shape index (κ1) is 13.8. The normalized spacial score (nSPS) is 16.1. The molecular weight excluding hydrogens is 251 g/mol. The van der Waals surface area contributed by atoms with Crippen molar-refractivity contribution < 1.29 is 13.2 Å². The maximum Gasteiger partial charge on any atom is 0.433 e. The van der Waals surface area contributed by atoms with Crippen LogP contribution in [0.15, 0.2) is 24.4 Å². The third-order valence-corrected chi connectivity index (χ3v) is 3.46. The summed E-state index contributed by atoms with van der Waals surface area (Å²) in [5.41, 5.74) is 2.80. The molecule has 0 bridgehead atoms. The van der Waals surface area contributed by atoms with E-state index in [1.54, 1.807) is 13.0 Å². The van der Waals surface area contributed by atoms with Crippen molar-refractivity contribution >= 4 is 11.1 Å². The zero-order valence-electron chi connectivity index (χ0n) is 11.1. The Morgan fingerprint density at radius 3 is 2.47 bits per heavy atom. The van der Waals surface area contributed by atoms with Crippen LogP contribution >= 0.6 is 0 Å². The maximum absolute atomic E-state index is 12.9. The quantitative estimate of drug-likeness (QED) is 0.727. The molecule has 0 amide bonds. The van der Waals surface area contributed by atoms with Crippen molar-refractivity contribution in [1.29, 1.82) is 0 Å². The Morgan fingerprint density at radius 2 is 2.00 bits per heavy atom. The monoisotopic (exact) mass is 267 g/mol. The molecule has 0 aliphatic heterocycles. The smallest absolute Gasteiger partial charge is 0.251 e. The van der Waals surface area contributed by atoms with Crippen LogP contribution in [0.2, 0.25) is 0 Å². The molecule has 0 radical (unpaired) electrons. The molecule has 0 spiro atoms. The van der Waals surface area contributed by atoms with E-state index in [9.17, 15) is 13.2 Å². The highest BCUT2D eigenvalue weighted by atomic mass is 19.4. The predicted molar refractivity (Wildman–Crippen MR) is 70.4 cm³/mol. The molecule has 102 valence electrons. The van der Waals surface area contributed by atoms with Gasteiger partial charge in [0.1, 0.15) is 0 Å². The third-order valence-electron chi connectivity index (χ3n) is 3.46. The second kappa shape index (κ2) is 4.83. The highest BCUT2D eigenvalue weighted by molar-refractivity contribution is 5.74. The topological polar surface area (TPSA) is 12.9 Å². The second-order valence-electron chi connectivity index (χ2n) is 5.01. The SMILES string of the molecule is C=C(C)c1cc(C2=C(C)CCC2)cnc1C(F)(F)F. The van der Waals surface area contributed by atoms with Gasteiger partial charge in [0.25, 0.3) is 0 Å². The lowest BCUT2D eigenvalue weighted by molar-refractivity contribution is -0.141. The Hall–Kier alpha value is -1.58. The summed E-state index contributed by atoms with van der Waals surface area (Å²) in [7, 11) is 0. The minimum atomic E-state index is -4.44. The van der Waals surface area contributed by atoms with E-state index in [0.29, 0.717) is 5.57 Å². The van der Waals surface area contributed by atoms with Crippen molar-refractivity contribution in [3.8, 4) is 0 Å². The number of alkyl halides is 3. The molecule has 0 aromatic carbocycles. The maximum atomic E-state index is 12.9. The van der Waals surface area contributed by atoms with Gasteiger partial charge in [-0.2, -0.15) is 13.2 Å². The molecular formula is C15H16F3N. The van der Waals surface area contributed by atoms with Gasteiger partial charge in [0.05, 0.1) is 0 Å². The largest absolute Gasteiger partial charge is 0.433 e. The van der Waals surface area contributed by atoms with Crippen LogP contribution in [0.5, 0.6) is 0 Å². The zero-order valence-corrected chi connectivity index (χ0v) is 11.1. The molecule has 1 heterocycles. The van der Waals surface area contributed by atoms with Crippen molar-refractivity contribution in [3.05, 3.63) is 41.2 Å².